The first kappa shape index (κ1) is 16.9. The number of nitrogens with two attached hydrogens (primary N) is 1. The fourth-order valence-electron chi connectivity index (χ4n) is 2.38. The Bertz CT molecular complexity index is 865. The van der Waals surface area contributed by atoms with E-state index in [1.54, 1.807) is 35.9 Å². The highest BCUT2D eigenvalue weighted by Gasteiger charge is 2.15. The van der Waals surface area contributed by atoms with Crippen LogP contribution in [0.2, 0.25) is 0 Å². The molecule has 3 aromatic rings. The number of primary amides is 1. The number of hydrogen-bond acceptors (Lipinski definition) is 6. The molecular formula is C18H18N4O2S. The average molecular weight is 354 g/mol. The molecule has 0 spiro atoms. The molecule has 128 valence electrons. The Balaban J connectivity index is 1.77. The number of aromatic nitrogens is 2. The Labute approximate surface area is 149 Å². The number of nitrogens with zero attached hydrogens (tertiary/aromatic N) is 2. The Morgan fingerprint density at radius 2 is 2.08 bits per heavy atom. The summed E-state index contributed by atoms with van der Waals surface area (Å²) in [5, 5.41) is 6.14. The third-order valence-electron chi connectivity index (χ3n) is 3.55. The molecule has 0 saturated carbocycles. The van der Waals surface area contributed by atoms with Crippen molar-refractivity contribution in [2.24, 2.45) is 5.73 Å². The lowest BCUT2D eigenvalue weighted by Crippen LogP contribution is -2.16. The van der Waals surface area contributed by atoms with Crippen molar-refractivity contribution in [1.29, 1.82) is 0 Å². The van der Waals surface area contributed by atoms with E-state index in [0.29, 0.717) is 30.2 Å². The van der Waals surface area contributed by atoms with Crippen LogP contribution in [0.4, 0.5) is 5.69 Å². The molecule has 0 aliphatic carbocycles. The van der Waals surface area contributed by atoms with Crippen LogP contribution in [0.1, 0.15) is 26.6 Å². The number of thiazole rings is 1. The van der Waals surface area contributed by atoms with E-state index in [1.165, 1.54) is 0 Å². The van der Waals surface area contributed by atoms with Gasteiger partial charge < -0.3 is 15.8 Å². The second-order valence-corrected chi connectivity index (χ2v) is 6.46. The second-order valence-electron chi connectivity index (χ2n) is 5.40. The number of anilines is 1. The number of ether oxygens (including phenoxy) is 1. The number of aryl methyl sites for hydroxylation is 1. The number of rotatable bonds is 7. The van der Waals surface area contributed by atoms with Crippen molar-refractivity contribution < 1.29 is 9.53 Å². The molecule has 1 aromatic carbocycles. The minimum Gasteiger partial charge on any atom is -0.486 e. The van der Waals surface area contributed by atoms with Gasteiger partial charge in [-0.3, -0.25) is 9.78 Å². The molecule has 25 heavy (non-hydrogen) atoms. The highest BCUT2D eigenvalue weighted by Crippen LogP contribution is 2.27. The molecule has 7 heteroatoms. The summed E-state index contributed by atoms with van der Waals surface area (Å²) in [6.45, 7) is 2.78. The van der Waals surface area contributed by atoms with Crippen molar-refractivity contribution in [3.63, 3.8) is 0 Å². The lowest BCUT2D eigenvalue weighted by molar-refractivity contribution is 0.0996. The largest absolute Gasteiger partial charge is 0.486 e. The van der Waals surface area contributed by atoms with Crippen LogP contribution in [0.25, 0.3) is 0 Å². The van der Waals surface area contributed by atoms with Gasteiger partial charge in [0.25, 0.3) is 5.91 Å². The highest BCUT2D eigenvalue weighted by atomic mass is 32.1. The number of nitrogens with one attached hydrogen (secondary N) is 1. The Morgan fingerprint density at radius 3 is 2.76 bits per heavy atom. The summed E-state index contributed by atoms with van der Waals surface area (Å²) in [4.78, 5) is 20.3. The van der Waals surface area contributed by atoms with Gasteiger partial charge in [0.15, 0.2) is 0 Å². The minimum absolute atomic E-state index is 0.290. The van der Waals surface area contributed by atoms with Crippen molar-refractivity contribution in [1.82, 2.24) is 9.97 Å². The minimum atomic E-state index is -0.540. The number of hydrogen-bond donors (Lipinski definition) is 2. The van der Waals surface area contributed by atoms with Crippen molar-refractivity contribution >= 4 is 22.9 Å². The molecule has 0 radical (unpaired) electrons. The molecule has 0 bridgehead atoms. The highest BCUT2D eigenvalue weighted by molar-refractivity contribution is 7.09. The van der Waals surface area contributed by atoms with E-state index in [1.807, 2.05) is 30.5 Å². The van der Waals surface area contributed by atoms with Gasteiger partial charge in [0.1, 0.15) is 17.9 Å². The molecule has 3 N–H and O–H groups in total. The molecule has 0 atom stereocenters. The molecule has 0 unspecified atom stereocenters. The van der Waals surface area contributed by atoms with E-state index in [4.69, 9.17) is 10.5 Å². The Morgan fingerprint density at radius 1 is 1.28 bits per heavy atom. The maximum absolute atomic E-state index is 11.9. The summed E-state index contributed by atoms with van der Waals surface area (Å²) in [6.07, 6.45) is 3.45. The van der Waals surface area contributed by atoms with Crippen LogP contribution in [0.5, 0.6) is 5.75 Å². The van der Waals surface area contributed by atoms with Crippen molar-refractivity contribution in [2.75, 3.05) is 5.32 Å². The third-order valence-corrected chi connectivity index (χ3v) is 4.37. The summed E-state index contributed by atoms with van der Waals surface area (Å²) in [5.41, 5.74) is 8.42. The Hall–Kier alpha value is -2.93. The van der Waals surface area contributed by atoms with E-state index in [9.17, 15) is 4.79 Å². The number of amides is 1. The van der Waals surface area contributed by atoms with Gasteiger partial charge in [-0.05, 0) is 36.8 Å². The van der Waals surface area contributed by atoms with Crippen LogP contribution in [0.3, 0.4) is 0 Å². The van der Waals surface area contributed by atoms with Crippen molar-refractivity contribution in [3.8, 4) is 5.75 Å². The summed E-state index contributed by atoms with van der Waals surface area (Å²) in [6, 6.07) is 9.17. The summed E-state index contributed by atoms with van der Waals surface area (Å²) >= 11 is 1.56. The quantitative estimate of drug-likeness (QED) is 0.680. The number of pyridine rings is 1. The van der Waals surface area contributed by atoms with Crippen molar-refractivity contribution in [2.45, 2.75) is 20.1 Å². The molecule has 0 saturated heterocycles. The van der Waals surface area contributed by atoms with Crippen LogP contribution >= 0.6 is 11.3 Å². The van der Waals surface area contributed by atoms with Gasteiger partial charge in [0.2, 0.25) is 0 Å². The van der Waals surface area contributed by atoms with Crippen molar-refractivity contribution in [3.05, 3.63) is 69.9 Å². The topological polar surface area (TPSA) is 90.1 Å². The molecule has 0 aliphatic heterocycles. The smallest absolute Gasteiger partial charge is 0.254 e. The standard InChI is InChI=1S/C18H18N4O2S/c1-12-22-14(11-25-12)10-24-16-4-2-3-15(17(16)18(19)23)21-9-13-5-7-20-8-6-13/h2-8,11,21H,9-10H2,1H3,(H2,19,23). The average Bonchev–Trinajstić information content (AvgIpc) is 3.04. The maximum Gasteiger partial charge on any atom is 0.254 e. The molecule has 0 aliphatic rings. The van der Waals surface area contributed by atoms with Gasteiger partial charge in [0.05, 0.1) is 16.4 Å². The molecule has 3 rings (SSSR count). The van der Waals surface area contributed by atoms with E-state index in [0.717, 1.165) is 16.3 Å². The predicted molar refractivity (Wildman–Crippen MR) is 97.7 cm³/mol. The second kappa shape index (κ2) is 7.76. The van der Waals surface area contributed by atoms with Crippen LogP contribution in [-0.2, 0) is 13.2 Å². The number of carbonyl (C=O) groups is 1. The van der Waals surface area contributed by atoms with Gasteiger partial charge in [-0.25, -0.2) is 4.98 Å². The van der Waals surface area contributed by atoms with Crippen LogP contribution in [-0.4, -0.2) is 15.9 Å². The first-order valence-corrected chi connectivity index (χ1v) is 8.61. The zero-order valence-electron chi connectivity index (χ0n) is 13.7. The Kier molecular flexibility index (Phi) is 5.25. The zero-order chi connectivity index (χ0) is 17.6. The lowest BCUT2D eigenvalue weighted by atomic mass is 10.1. The number of benzene rings is 1. The van der Waals surface area contributed by atoms with Gasteiger partial charge in [-0.1, -0.05) is 6.07 Å². The lowest BCUT2D eigenvalue weighted by Gasteiger charge is -2.14. The monoisotopic (exact) mass is 354 g/mol. The van der Waals surface area contributed by atoms with E-state index in [2.05, 4.69) is 15.3 Å². The predicted octanol–water partition coefficient (Wildman–Crippen LogP) is 3.14. The van der Waals surface area contributed by atoms with Gasteiger partial charge in [-0.15, -0.1) is 11.3 Å². The van der Waals surface area contributed by atoms with Crippen LogP contribution in [0.15, 0.2) is 48.1 Å². The molecular weight excluding hydrogens is 336 g/mol. The van der Waals surface area contributed by atoms with E-state index >= 15 is 0 Å². The van der Waals surface area contributed by atoms with Gasteiger partial charge >= 0.3 is 0 Å². The zero-order valence-corrected chi connectivity index (χ0v) is 14.5. The molecule has 2 aromatic heterocycles. The fourth-order valence-corrected chi connectivity index (χ4v) is 2.97. The first-order chi connectivity index (χ1) is 12.1. The molecule has 6 nitrogen and oxygen atoms in total. The third kappa shape index (κ3) is 4.33. The summed E-state index contributed by atoms with van der Waals surface area (Å²) < 4.78 is 5.78. The maximum atomic E-state index is 11.9. The SMILES string of the molecule is Cc1nc(COc2cccc(NCc3ccncc3)c2C(N)=O)cs1. The molecule has 1 amide bonds. The normalized spacial score (nSPS) is 10.4. The first-order valence-electron chi connectivity index (χ1n) is 7.73. The van der Waals surface area contributed by atoms with E-state index in [-0.39, 0.29) is 0 Å². The van der Waals surface area contributed by atoms with Crippen LogP contribution < -0.4 is 15.8 Å². The number of carbonyl (C=O) groups excluding carboxylic acids is 1. The molecule has 2 heterocycles. The fraction of sp³-hybridized carbons (Fsp3) is 0.167. The van der Waals surface area contributed by atoms with Gasteiger partial charge in [-0.2, -0.15) is 0 Å². The van der Waals surface area contributed by atoms with Gasteiger partial charge in [0, 0.05) is 24.3 Å². The van der Waals surface area contributed by atoms with E-state index < -0.39 is 5.91 Å². The summed E-state index contributed by atoms with van der Waals surface area (Å²) in [5.74, 6) is -0.0971. The molecule has 0 fully saturated rings. The van der Waals surface area contributed by atoms with Crippen LogP contribution in [0, 0.1) is 6.92 Å². The summed E-state index contributed by atoms with van der Waals surface area (Å²) in [7, 11) is 0.